The molecule has 118 valence electrons. The number of aromatic nitrogens is 1. The number of hydrogen-bond acceptors (Lipinski definition) is 5. The molecule has 6 nitrogen and oxygen atoms in total. The minimum absolute atomic E-state index is 0.0276. The lowest BCUT2D eigenvalue weighted by molar-refractivity contribution is -0.129. The third kappa shape index (κ3) is 3.64. The molecule has 0 aliphatic carbocycles. The van der Waals surface area contributed by atoms with Crippen molar-refractivity contribution < 1.29 is 13.9 Å². The van der Waals surface area contributed by atoms with E-state index in [4.69, 9.17) is 9.15 Å². The summed E-state index contributed by atoms with van der Waals surface area (Å²) in [5.41, 5.74) is 1.52. The van der Waals surface area contributed by atoms with Gasteiger partial charge < -0.3 is 14.1 Å². The van der Waals surface area contributed by atoms with Crippen LogP contribution in [0.5, 0.6) is 0 Å². The van der Waals surface area contributed by atoms with Gasteiger partial charge in [0.2, 0.25) is 11.8 Å². The quantitative estimate of drug-likeness (QED) is 0.829. The standard InChI is InChI=1S/C16H21N3O3/c1-18(6-7-19-8-10-21-11-9-19)16(20)12-15-17-13-4-2-3-5-14(13)22-15/h2-5H,6-12H2,1H3. The summed E-state index contributed by atoms with van der Waals surface area (Å²) in [4.78, 5) is 20.6. The molecule has 0 atom stereocenters. The lowest BCUT2D eigenvalue weighted by Crippen LogP contribution is -2.42. The van der Waals surface area contributed by atoms with Crippen molar-refractivity contribution in [1.82, 2.24) is 14.8 Å². The smallest absolute Gasteiger partial charge is 0.231 e. The second-order valence-corrected chi connectivity index (χ2v) is 5.52. The van der Waals surface area contributed by atoms with Gasteiger partial charge in [0.05, 0.1) is 13.2 Å². The topological polar surface area (TPSA) is 58.8 Å². The molecule has 2 heterocycles. The Morgan fingerprint density at radius 2 is 2.09 bits per heavy atom. The lowest BCUT2D eigenvalue weighted by Gasteiger charge is -2.28. The number of ether oxygens (including phenoxy) is 1. The van der Waals surface area contributed by atoms with Gasteiger partial charge in [-0.05, 0) is 12.1 Å². The Morgan fingerprint density at radius 3 is 2.86 bits per heavy atom. The second-order valence-electron chi connectivity index (χ2n) is 5.52. The summed E-state index contributed by atoms with van der Waals surface area (Å²) in [7, 11) is 1.82. The summed E-state index contributed by atoms with van der Waals surface area (Å²) in [6.07, 6.45) is 0.203. The SMILES string of the molecule is CN(CCN1CCOCC1)C(=O)Cc1nc2ccccc2o1. The van der Waals surface area contributed by atoms with E-state index >= 15 is 0 Å². The molecule has 1 amide bonds. The van der Waals surface area contributed by atoms with Crippen molar-refractivity contribution in [2.75, 3.05) is 46.4 Å². The Morgan fingerprint density at radius 1 is 1.32 bits per heavy atom. The van der Waals surface area contributed by atoms with E-state index < -0.39 is 0 Å². The Labute approximate surface area is 129 Å². The number of morpholine rings is 1. The predicted molar refractivity (Wildman–Crippen MR) is 82.6 cm³/mol. The van der Waals surface area contributed by atoms with E-state index in [1.165, 1.54) is 0 Å². The van der Waals surface area contributed by atoms with E-state index in [1.54, 1.807) is 4.90 Å². The van der Waals surface area contributed by atoms with E-state index in [-0.39, 0.29) is 12.3 Å². The number of nitrogens with zero attached hydrogens (tertiary/aromatic N) is 3. The number of amides is 1. The first kappa shape index (κ1) is 15.0. The van der Waals surface area contributed by atoms with Crippen LogP contribution in [0.2, 0.25) is 0 Å². The molecule has 0 spiro atoms. The van der Waals surface area contributed by atoms with Gasteiger partial charge in [0.15, 0.2) is 5.58 Å². The maximum Gasteiger partial charge on any atom is 0.231 e. The Kier molecular flexibility index (Phi) is 4.70. The predicted octanol–water partition coefficient (Wildman–Crippen LogP) is 1.16. The molecule has 0 saturated carbocycles. The van der Waals surface area contributed by atoms with Crippen molar-refractivity contribution in [2.45, 2.75) is 6.42 Å². The maximum absolute atomic E-state index is 12.2. The van der Waals surface area contributed by atoms with E-state index in [0.29, 0.717) is 12.4 Å². The van der Waals surface area contributed by atoms with Crippen LogP contribution in [0.1, 0.15) is 5.89 Å². The first-order chi connectivity index (χ1) is 10.7. The molecule has 0 unspecified atom stereocenters. The molecule has 1 aromatic carbocycles. The third-order valence-electron chi connectivity index (χ3n) is 3.92. The fourth-order valence-corrected chi connectivity index (χ4v) is 2.50. The first-order valence-electron chi connectivity index (χ1n) is 7.61. The van der Waals surface area contributed by atoms with Gasteiger partial charge in [-0.3, -0.25) is 9.69 Å². The van der Waals surface area contributed by atoms with Crippen LogP contribution in [-0.2, 0) is 16.0 Å². The van der Waals surface area contributed by atoms with E-state index in [1.807, 2.05) is 31.3 Å². The van der Waals surface area contributed by atoms with Crippen LogP contribution in [0.15, 0.2) is 28.7 Å². The van der Waals surface area contributed by atoms with E-state index in [2.05, 4.69) is 9.88 Å². The molecule has 1 fully saturated rings. The van der Waals surface area contributed by atoms with Crippen molar-refractivity contribution >= 4 is 17.0 Å². The van der Waals surface area contributed by atoms with E-state index in [9.17, 15) is 4.79 Å². The fourth-order valence-electron chi connectivity index (χ4n) is 2.50. The average molecular weight is 303 g/mol. The van der Waals surface area contributed by atoms with Gasteiger partial charge in [0.25, 0.3) is 0 Å². The molecule has 0 N–H and O–H groups in total. The highest BCUT2D eigenvalue weighted by Crippen LogP contribution is 2.15. The summed E-state index contributed by atoms with van der Waals surface area (Å²) in [6, 6.07) is 7.55. The van der Waals surface area contributed by atoms with Crippen LogP contribution >= 0.6 is 0 Å². The largest absolute Gasteiger partial charge is 0.440 e. The van der Waals surface area contributed by atoms with Crippen LogP contribution in [0.3, 0.4) is 0 Å². The molecule has 3 rings (SSSR count). The van der Waals surface area contributed by atoms with Crippen LogP contribution < -0.4 is 0 Å². The molecule has 2 aromatic rings. The van der Waals surface area contributed by atoms with Gasteiger partial charge >= 0.3 is 0 Å². The van der Waals surface area contributed by atoms with Gasteiger partial charge in [-0.1, -0.05) is 12.1 Å². The monoisotopic (exact) mass is 303 g/mol. The van der Waals surface area contributed by atoms with Crippen LogP contribution in [0, 0.1) is 0 Å². The van der Waals surface area contributed by atoms with Crippen molar-refractivity contribution in [1.29, 1.82) is 0 Å². The zero-order chi connectivity index (χ0) is 15.4. The number of fused-ring (bicyclic) bond motifs is 1. The molecule has 1 saturated heterocycles. The molecule has 1 aromatic heterocycles. The second kappa shape index (κ2) is 6.89. The van der Waals surface area contributed by atoms with Gasteiger partial charge in [0, 0.05) is 33.2 Å². The summed E-state index contributed by atoms with van der Waals surface area (Å²) in [6.45, 7) is 5.01. The maximum atomic E-state index is 12.2. The normalized spacial score (nSPS) is 16.0. The molecule has 0 bridgehead atoms. The highest BCUT2D eigenvalue weighted by molar-refractivity contribution is 5.79. The van der Waals surface area contributed by atoms with Crippen molar-refractivity contribution in [3.63, 3.8) is 0 Å². The lowest BCUT2D eigenvalue weighted by atomic mass is 10.3. The highest BCUT2D eigenvalue weighted by Gasteiger charge is 2.16. The summed E-state index contributed by atoms with van der Waals surface area (Å²) >= 11 is 0. The minimum Gasteiger partial charge on any atom is -0.440 e. The average Bonchev–Trinajstić information content (AvgIpc) is 2.95. The van der Waals surface area contributed by atoms with Crippen LogP contribution in [-0.4, -0.2) is 67.1 Å². The number of likely N-dealkylation sites (N-methyl/N-ethyl adjacent to an activating group) is 1. The van der Waals surface area contributed by atoms with E-state index in [0.717, 1.165) is 43.9 Å². The van der Waals surface area contributed by atoms with Gasteiger partial charge in [-0.2, -0.15) is 0 Å². The Bertz CT molecular complexity index is 601. The third-order valence-corrected chi connectivity index (χ3v) is 3.92. The molecular formula is C16H21N3O3. The first-order valence-corrected chi connectivity index (χ1v) is 7.61. The number of hydrogen-bond donors (Lipinski definition) is 0. The molecule has 1 aliphatic heterocycles. The number of carbonyl (C=O) groups is 1. The molecule has 1 aliphatic rings. The van der Waals surface area contributed by atoms with Crippen LogP contribution in [0.4, 0.5) is 0 Å². The van der Waals surface area contributed by atoms with Crippen LogP contribution in [0.25, 0.3) is 11.1 Å². The summed E-state index contributed by atoms with van der Waals surface area (Å²) in [5, 5.41) is 0. The highest BCUT2D eigenvalue weighted by atomic mass is 16.5. The number of oxazole rings is 1. The number of rotatable bonds is 5. The Balaban J connectivity index is 1.51. The van der Waals surface area contributed by atoms with Gasteiger partial charge in [-0.25, -0.2) is 4.98 Å². The summed E-state index contributed by atoms with van der Waals surface area (Å²) < 4.78 is 10.9. The number of benzene rings is 1. The summed E-state index contributed by atoms with van der Waals surface area (Å²) in [5.74, 6) is 0.504. The zero-order valence-electron chi connectivity index (χ0n) is 12.8. The van der Waals surface area contributed by atoms with Crippen molar-refractivity contribution in [2.24, 2.45) is 0 Å². The van der Waals surface area contributed by atoms with Crippen molar-refractivity contribution in [3.8, 4) is 0 Å². The Hall–Kier alpha value is -1.92. The molecule has 0 radical (unpaired) electrons. The van der Waals surface area contributed by atoms with Gasteiger partial charge in [0.1, 0.15) is 11.9 Å². The molecule has 6 heteroatoms. The molecule has 22 heavy (non-hydrogen) atoms. The molecular weight excluding hydrogens is 282 g/mol. The minimum atomic E-state index is 0.0276. The number of carbonyl (C=O) groups excluding carboxylic acids is 1. The van der Waals surface area contributed by atoms with Gasteiger partial charge in [-0.15, -0.1) is 0 Å². The fraction of sp³-hybridized carbons (Fsp3) is 0.500. The van der Waals surface area contributed by atoms with Crippen molar-refractivity contribution in [3.05, 3.63) is 30.2 Å². The zero-order valence-corrected chi connectivity index (χ0v) is 12.8. The number of para-hydroxylation sites is 2.